The van der Waals surface area contributed by atoms with Gasteiger partial charge in [-0.25, -0.2) is 0 Å². The van der Waals surface area contributed by atoms with Crippen LogP contribution in [0.4, 0.5) is 0 Å². The van der Waals surface area contributed by atoms with E-state index in [2.05, 4.69) is 19.9 Å². The summed E-state index contributed by atoms with van der Waals surface area (Å²) in [4.78, 5) is 0. The van der Waals surface area contributed by atoms with Crippen LogP contribution in [0, 0.1) is 28.6 Å². The van der Waals surface area contributed by atoms with E-state index in [0.29, 0.717) is 18.3 Å². The monoisotopic (exact) mass is 306 g/mol. The van der Waals surface area contributed by atoms with Crippen molar-refractivity contribution in [3.8, 4) is 0 Å². The average Bonchev–Trinajstić information content (AvgIpc) is 2.70. The highest BCUT2D eigenvalue weighted by Gasteiger charge is 2.61. The van der Waals surface area contributed by atoms with Gasteiger partial charge in [0, 0.05) is 6.42 Å². The zero-order valence-electron chi connectivity index (χ0n) is 13.8. The molecule has 2 unspecified atom stereocenters. The van der Waals surface area contributed by atoms with Gasteiger partial charge < -0.3 is 15.3 Å². The fraction of sp³-hybridized carbons (Fsp3) is 0.895. The quantitative estimate of drug-likeness (QED) is 0.603. The Labute approximate surface area is 133 Å². The normalized spacial score (nSPS) is 57.6. The lowest BCUT2D eigenvalue weighted by atomic mass is 9.47. The molecule has 0 radical (unpaired) electrons. The van der Waals surface area contributed by atoms with E-state index in [0.717, 1.165) is 38.5 Å². The van der Waals surface area contributed by atoms with Gasteiger partial charge in [-0.1, -0.05) is 25.5 Å². The van der Waals surface area contributed by atoms with Crippen LogP contribution in [0.15, 0.2) is 11.6 Å². The van der Waals surface area contributed by atoms with Crippen LogP contribution >= 0.6 is 0 Å². The molecule has 0 aromatic rings. The van der Waals surface area contributed by atoms with E-state index in [1.165, 1.54) is 5.57 Å². The van der Waals surface area contributed by atoms with Gasteiger partial charge in [-0.2, -0.15) is 0 Å². The molecule has 3 nitrogen and oxygen atoms in total. The van der Waals surface area contributed by atoms with Crippen LogP contribution < -0.4 is 0 Å². The SMILES string of the molecule is C[C@]12CC[C@H](O)CC1=CC[C@@H]1[C@@H]2CC[C@]2(C)C(O)CC(O)[C@@H]12. The molecule has 22 heavy (non-hydrogen) atoms. The maximum absolute atomic E-state index is 10.6. The largest absolute Gasteiger partial charge is 0.393 e. The van der Waals surface area contributed by atoms with E-state index in [9.17, 15) is 15.3 Å². The number of allylic oxidation sites excluding steroid dienone is 1. The van der Waals surface area contributed by atoms with Gasteiger partial charge in [-0.3, -0.25) is 0 Å². The van der Waals surface area contributed by atoms with Crippen molar-refractivity contribution in [2.45, 2.75) is 77.1 Å². The van der Waals surface area contributed by atoms with Crippen molar-refractivity contribution in [3.63, 3.8) is 0 Å². The Morgan fingerprint density at radius 2 is 1.86 bits per heavy atom. The van der Waals surface area contributed by atoms with Crippen LogP contribution in [0.25, 0.3) is 0 Å². The van der Waals surface area contributed by atoms with Crippen LogP contribution in [-0.4, -0.2) is 33.6 Å². The molecule has 3 heteroatoms. The lowest BCUT2D eigenvalue weighted by Crippen LogP contribution is -2.52. The van der Waals surface area contributed by atoms with Crippen LogP contribution in [0.3, 0.4) is 0 Å². The molecule has 3 saturated carbocycles. The Kier molecular flexibility index (Phi) is 3.32. The summed E-state index contributed by atoms with van der Waals surface area (Å²) >= 11 is 0. The second-order valence-corrected chi connectivity index (χ2v) is 8.94. The summed E-state index contributed by atoms with van der Waals surface area (Å²) in [5.41, 5.74) is 1.57. The third-order valence-corrected chi connectivity index (χ3v) is 8.01. The fourth-order valence-electron chi connectivity index (χ4n) is 6.68. The lowest BCUT2D eigenvalue weighted by Gasteiger charge is -2.57. The molecular formula is C19H30O3. The van der Waals surface area contributed by atoms with Crippen LogP contribution in [-0.2, 0) is 0 Å². The minimum absolute atomic E-state index is 0.101. The molecule has 3 fully saturated rings. The second kappa shape index (κ2) is 4.81. The zero-order valence-corrected chi connectivity index (χ0v) is 13.8. The molecule has 8 atom stereocenters. The van der Waals surface area contributed by atoms with Crippen molar-refractivity contribution < 1.29 is 15.3 Å². The van der Waals surface area contributed by atoms with Crippen molar-refractivity contribution in [2.24, 2.45) is 28.6 Å². The Morgan fingerprint density at radius 3 is 2.64 bits per heavy atom. The maximum atomic E-state index is 10.6. The minimum Gasteiger partial charge on any atom is -0.393 e. The van der Waals surface area contributed by atoms with Crippen molar-refractivity contribution >= 4 is 0 Å². The molecule has 0 aromatic carbocycles. The van der Waals surface area contributed by atoms with E-state index in [1.54, 1.807) is 0 Å². The molecule has 0 spiro atoms. The summed E-state index contributed by atoms with van der Waals surface area (Å²) in [7, 11) is 0. The molecular weight excluding hydrogens is 276 g/mol. The predicted octanol–water partition coefficient (Wildman–Crippen LogP) is 2.64. The molecule has 3 N–H and O–H groups in total. The van der Waals surface area contributed by atoms with Crippen LogP contribution in [0.5, 0.6) is 0 Å². The smallest absolute Gasteiger partial charge is 0.0622 e. The summed E-state index contributed by atoms with van der Waals surface area (Å²) in [6, 6.07) is 0. The lowest BCUT2D eigenvalue weighted by molar-refractivity contribution is -0.0900. The van der Waals surface area contributed by atoms with Gasteiger partial charge in [0.25, 0.3) is 0 Å². The van der Waals surface area contributed by atoms with Gasteiger partial charge in [0.15, 0.2) is 0 Å². The Bertz CT molecular complexity index is 501. The number of hydrogen-bond acceptors (Lipinski definition) is 3. The highest BCUT2D eigenvalue weighted by Crippen LogP contribution is 2.64. The number of hydrogen-bond donors (Lipinski definition) is 3. The van der Waals surface area contributed by atoms with Gasteiger partial charge in [0.1, 0.15) is 0 Å². The third kappa shape index (κ3) is 1.85. The molecule has 0 saturated heterocycles. The Hall–Kier alpha value is -0.380. The number of rotatable bonds is 0. The van der Waals surface area contributed by atoms with Gasteiger partial charge in [0.05, 0.1) is 18.3 Å². The number of fused-ring (bicyclic) bond motifs is 5. The highest BCUT2D eigenvalue weighted by molar-refractivity contribution is 5.25. The van der Waals surface area contributed by atoms with Crippen molar-refractivity contribution in [2.75, 3.05) is 0 Å². The summed E-state index contributed by atoms with van der Waals surface area (Å²) in [5.74, 6) is 1.34. The first-order chi connectivity index (χ1) is 10.4. The first-order valence-corrected chi connectivity index (χ1v) is 9.10. The van der Waals surface area contributed by atoms with E-state index < -0.39 is 0 Å². The molecule has 4 rings (SSSR count). The van der Waals surface area contributed by atoms with E-state index in [1.807, 2.05) is 0 Å². The van der Waals surface area contributed by atoms with Crippen LogP contribution in [0.1, 0.15) is 58.8 Å². The molecule has 0 amide bonds. The first kappa shape index (κ1) is 15.2. The highest BCUT2D eigenvalue weighted by atomic mass is 16.3. The predicted molar refractivity (Wildman–Crippen MR) is 85.1 cm³/mol. The van der Waals surface area contributed by atoms with Crippen molar-refractivity contribution in [3.05, 3.63) is 11.6 Å². The summed E-state index contributed by atoms with van der Waals surface area (Å²) in [6.07, 6.45) is 8.09. The van der Waals surface area contributed by atoms with Crippen molar-refractivity contribution in [1.82, 2.24) is 0 Å². The second-order valence-electron chi connectivity index (χ2n) is 8.94. The molecule has 0 aromatic heterocycles. The maximum Gasteiger partial charge on any atom is 0.0622 e. The van der Waals surface area contributed by atoms with E-state index in [-0.39, 0.29) is 35.1 Å². The van der Waals surface area contributed by atoms with Gasteiger partial charge in [-0.15, -0.1) is 0 Å². The number of aliphatic hydroxyl groups is 3. The van der Waals surface area contributed by atoms with E-state index in [4.69, 9.17) is 0 Å². The molecule has 4 aliphatic rings. The fourth-order valence-corrected chi connectivity index (χ4v) is 6.68. The van der Waals surface area contributed by atoms with Gasteiger partial charge >= 0.3 is 0 Å². The van der Waals surface area contributed by atoms with Crippen molar-refractivity contribution in [1.29, 1.82) is 0 Å². The standard InChI is InChI=1S/C19H30O3/c1-18-7-5-12(20)9-11(18)3-4-13-14(18)6-8-19(2)16(22)10-15(21)17(13)19/h3,12-17,20-22H,4-10H2,1-2H3/t12-,13+,14-,15?,16?,17+,18-,19+/m0/s1. The third-order valence-electron chi connectivity index (χ3n) is 8.01. The molecule has 0 heterocycles. The molecule has 0 bridgehead atoms. The minimum atomic E-state index is -0.347. The van der Waals surface area contributed by atoms with Crippen LogP contribution in [0.2, 0.25) is 0 Å². The molecule has 0 aliphatic heterocycles. The first-order valence-electron chi connectivity index (χ1n) is 9.10. The van der Waals surface area contributed by atoms with Gasteiger partial charge in [-0.05, 0) is 67.1 Å². The average molecular weight is 306 g/mol. The number of aliphatic hydroxyl groups excluding tert-OH is 3. The summed E-state index contributed by atoms with van der Waals surface area (Å²) in [6.45, 7) is 4.59. The van der Waals surface area contributed by atoms with Gasteiger partial charge in [0.2, 0.25) is 0 Å². The Balaban J connectivity index is 1.70. The topological polar surface area (TPSA) is 60.7 Å². The molecule has 124 valence electrons. The summed E-state index contributed by atoms with van der Waals surface area (Å²) < 4.78 is 0. The van der Waals surface area contributed by atoms with E-state index >= 15 is 0 Å². The zero-order chi connectivity index (χ0) is 15.7. The Morgan fingerprint density at radius 1 is 1.09 bits per heavy atom. The molecule has 4 aliphatic carbocycles. The summed E-state index contributed by atoms with van der Waals surface area (Å²) in [5, 5.41) is 31.1.